The molecule has 4 atom stereocenters. The predicted molar refractivity (Wildman–Crippen MR) is 38.2 cm³/mol. The van der Waals surface area contributed by atoms with Crippen molar-refractivity contribution in [2.45, 2.75) is 32.0 Å². The first kappa shape index (κ1) is 7.10. The first-order chi connectivity index (χ1) is 5.18. The molecule has 0 aromatic heterocycles. The SMILES string of the molecule is C[C@@H]1C[C@H]2O[C@@H]1C[C@@H]2C(=O)O. The third kappa shape index (κ3) is 0.948. The van der Waals surface area contributed by atoms with Gasteiger partial charge in [0.15, 0.2) is 0 Å². The first-order valence-electron chi connectivity index (χ1n) is 4.06. The summed E-state index contributed by atoms with van der Waals surface area (Å²) in [6.07, 6.45) is 1.89. The van der Waals surface area contributed by atoms with Gasteiger partial charge in [0.05, 0.1) is 18.1 Å². The number of carboxylic acid groups (broad SMARTS) is 1. The molecule has 0 unspecified atom stereocenters. The van der Waals surface area contributed by atoms with Crippen LogP contribution in [-0.2, 0) is 9.53 Å². The summed E-state index contributed by atoms with van der Waals surface area (Å²) in [7, 11) is 0. The van der Waals surface area contributed by atoms with E-state index in [0.29, 0.717) is 5.92 Å². The Labute approximate surface area is 65.4 Å². The standard InChI is InChI=1S/C8H12O3/c1-4-2-7-5(8(9)10)3-6(4)11-7/h4-7H,2-3H2,1H3,(H,9,10)/t4-,5+,6-,7-/m1/s1. The summed E-state index contributed by atoms with van der Waals surface area (Å²) in [4.78, 5) is 10.6. The van der Waals surface area contributed by atoms with Gasteiger partial charge in [-0.15, -0.1) is 0 Å². The van der Waals surface area contributed by atoms with Crippen LogP contribution in [-0.4, -0.2) is 23.3 Å². The van der Waals surface area contributed by atoms with Crippen LogP contribution in [0.1, 0.15) is 19.8 Å². The monoisotopic (exact) mass is 156 g/mol. The molecule has 62 valence electrons. The Kier molecular flexibility index (Phi) is 1.42. The maximum atomic E-state index is 10.6. The third-order valence-corrected chi connectivity index (χ3v) is 2.84. The van der Waals surface area contributed by atoms with E-state index in [1.807, 2.05) is 0 Å². The van der Waals surface area contributed by atoms with E-state index >= 15 is 0 Å². The molecular formula is C8H12O3. The van der Waals surface area contributed by atoms with Crippen molar-refractivity contribution in [3.05, 3.63) is 0 Å². The Morgan fingerprint density at radius 1 is 1.45 bits per heavy atom. The maximum Gasteiger partial charge on any atom is 0.309 e. The van der Waals surface area contributed by atoms with Crippen LogP contribution in [0.4, 0.5) is 0 Å². The summed E-state index contributed by atoms with van der Waals surface area (Å²) < 4.78 is 5.48. The van der Waals surface area contributed by atoms with E-state index in [4.69, 9.17) is 9.84 Å². The largest absolute Gasteiger partial charge is 0.481 e. The van der Waals surface area contributed by atoms with Gasteiger partial charge in [-0.25, -0.2) is 0 Å². The summed E-state index contributed by atoms with van der Waals surface area (Å²) in [6, 6.07) is 0. The fourth-order valence-electron chi connectivity index (χ4n) is 2.14. The molecule has 0 aromatic carbocycles. The van der Waals surface area contributed by atoms with Crippen LogP contribution in [0.5, 0.6) is 0 Å². The van der Waals surface area contributed by atoms with Gasteiger partial charge in [0.2, 0.25) is 0 Å². The number of carboxylic acids is 1. The van der Waals surface area contributed by atoms with Crippen LogP contribution in [0, 0.1) is 11.8 Å². The molecule has 0 radical (unpaired) electrons. The zero-order valence-corrected chi connectivity index (χ0v) is 6.49. The van der Waals surface area contributed by atoms with E-state index < -0.39 is 5.97 Å². The molecule has 3 heteroatoms. The summed E-state index contributed by atoms with van der Waals surface area (Å²) in [5.41, 5.74) is 0. The molecule has 0 aromatic rings. The molecule has 0 amide bonds. The van der Waals surface area contributed by atoms with Crippen molar-refractivity contribution in [1.82, 2.24) is 0 Å². The van der Waals surface area contributed by atoms with Crippen LogP contribution in [0.2, 0.25) is 0 Å². The molecule has 0 spiro atoms. The second-order valence-electron chi connectivity index (χ2n) is 3.61. The van der Waals surface area contributed by atoms with Gasteiger partial charge in [-0.2, -0.15) is 0 Å². The van der Waals surface area contributed by atoms with E-state index in [1.165, 1.54) is 0 Å². The minimum absolute atomic E-state index is 0.00694. The Balaban J connectivity index is 2.08. The van der Waals surface area contributed by atoms with Gasteiger partial charge < -0.3 is 9.84 Å². The molecule has 1 N–H and O–H groups in total. The summed E-state index contributed by atoms with van der Waals surface area (Å²) in [5, 5.41) is 8.74. The molecule has 2 bridgehead atoms. The highest BCUT2D eigenvalue weighted by molar-refractivity contribution is 5.71. The Bertz CT molecular complexity index is 188. The molecule has 2 aliphatic rings. The predicted octanol–water partition coefficient (Wildman–Crippen LogP) is 0.885. The molecule has 11 heavy (non-hydrogen) atoms. The lowest BCUT2D eigenvalue weighted by atomic mass is 9.83. The van der Waals surface area contributed by atoms with Gasteiger partial charge in [0, 0.05) is 0 Å². The van der Waals surface area contributed by atoms with Gasteiger partial charge in [0.1, 0.15) is 0 Å². The zero-order chi connectivity index (χ0) is 8.01. The molecule has 2 fully saturated rings. The number of hydrogen-bond acceptors (Lipinski definition) is 2. The van der Waals surface area contributed by atoms with Gasteiger partial charge >= 0.3 is 5.97 Å². The maximum absolute atomic E-state index is 10.6. The summed E-state index contributed by atoms with van der Waals surface area (Å²) >= 11 is 0. The number of fused-ring (bicyclic) bond motifs is 2. The first-order valence-corrected chi connectivity index (χ1v) is 4.06. The Morgan fingerprint density at radius 2 is 2.18 bits per heavy atom. The lowest BCUT2D eigenvalue weighted by molar-refractivity contribution is -0.143. The van der Waals surface area contributed by atoms with Gasteiger partial charge in [-0.3, -0.25) is 4.79 Å². The van der Waals surface area contributed by atoms with E-state index in [9.17, 15) is 4.79 Å². The van der Waals surface area contributed by atoms with Crippen molar-refractivity contribution >= 4 is 5.97 Å². The van der Waals surface area contributed by atoms with Crippen LogP contribution in [0.25, 0.3) is 0 Å². The minimum Gasteiger partial charge on any atom is -0.481 e. The van der Waals surface area contributed by atoms with Crippen molar-refractivity contribution in [2.75, 3.05) is 0 Å². The smallest absolute Gasteiger partial charge is 0.309 e. The molecular weight excluding hydrogens is 144 g/mol. The average Bonchev–Trinajstić information content (AvgIpc) is 2.43. The van der Waals surface area contributed by atoms with Crippen LogP contribution >= 0.6 is 0 Å². The van der Waals surface area contributed by atoms with E-state index in [2.05, 4.69) is 6.92 Å². The number of rotatable bonds is 1. The molecule has 2 aliphatic heterocycles. The molecule has 2 rings (SSSR count). The van der Waals surface area contributed by atoms with Gasteiger partial charge in [0.25, 0.3) is 0 Å². The highest BCUT2D eigenvalue weighted by Gasteiger charge is 2.48. The van der Waals surface area contributed by atoms with Crippen molar-refractivity contribution in [2.24, 2.45) is 11.8 Å². The normalized spacial score (nSPS) is 48.1. The number of hydrogen-bond donors (Lipinski definition) is 1. The molecule has 0 aliphatic carbocycles. The molecule has 3 nitrogen and oxygen atoms in total. The molecule has 2 saturated heterocycles. The second kappa shape index (κ2) is 2.21. The van der Waals surface area contributed by atoms with Crippen molar-refractivity contribution < 1.29 is 14.6 Å². The number of carbonyl (C=O) groups is 1. The second-order valence-corrected chi connectivity index (χ2v) is 3.61. The highest BCUT2D eigenvalue weighted by atomic mass is 16.5. The lowest BCUT2D eigenvalue weighted by Gasteiger charge is -2.17. The van der Waals surface area contributed by atoms with Crippen molar-refractivity contribution in [3.63, 3.8) is 0 Å². The summed E-state index contributed by atoms with van der Waals surface area (Å²) in [6.45, 7) is 2.13. The van der Waals surface area contributed by atoms with Crippen LogP contribution < -0.4 is 0 Å². The van der Waals surface area contributed by atoms with Crippen molar-refractivity contribution in [1.29, 1.82) is 0 Å². The molecule has 2 heterocycles. The van der Waals surface area contributed by atoms with Crippen LogP contribution in [0.3, 0.4) is 0 Å². The lowest BCUT2D eigenvalue weighted by Crippen LogP contribution is -2.27. The zero-order valence-electron chi connectivity index (χ0n) is 6.49. The fourth-order valence-corrected chi connectivity index (χ4v) is 2.14. The fraction of sp³-hybridized carbons (Fsp3) is 0.875. The van der Waals surface area contributed by atoms with Crippen LogP contribution in [0.15, 0.2) is 0 Å². The van der Waals surface area contributed by atoms with E-state index in [0.717, 1.165) is 12.8 Å². The highest BCUT2D eigenvalue weighted by Crippen LogP contribution is 2.42. The topological polar surface area (TPSA) is 46.5 Å². The Morgan fingerprint density at radius 3 is 2.55 bits per heavy atom. The van der Waals surface area contributed by atoms with Gasteiger partial charge in [-0.05, 0) is 18.8 Å². The number of aliphatic carboxylic acids is 1. The molecule has 0 saturated carbocycles. The third-order valence-electron chi connectivity index (χ3n) is 2.84. The number of ether oxygens (including phenoxy) is 1. The van der Waals surface area contributed by atoms with Gasteiger partial charge in [-0.1, -0.05) is 6.92 Å². The summed E-state index contributed by atoms with van der Waals surface area (Å²) in [5.74, 6) is -0.351. The van der Waals surface area contributed by atoms with E-state index in [1.54, 1.807) is 0 Å². The van der Waals surface area contributed by atoms with E-state index in [-0.39, 0.29) is 18.1 Å². The minimum atomic E-state index is -0.690. The quantitative estimate of drug-likeness (QED) is 0.613. The Hall–Kier alpha value is -0.570. The average molecular weight is 156 g/mol. The van der Waals surface area contributed by atoms with Crippen molar-refractivity contribution in [3.8, 4) is 0 Å².